The van der Waals surface area contributed by atoms with Gasteiger partial charge in [-0.15, -0.1) is 10.2 Å². The second-order valence-corrected chi connectivity index (χ2v) is 7.56. The molecule has 0 spiro atoms. The highest BCUT2D eigenvalue weighted by molar-refractivity contribution is 5.68. The summed E-state index contributed by atoms with van der Waals surface area (Å²) in [5, 5.41) is 8.20. The number of alkyl halides is 3. The lowest BCUT2D eigenvalue weighted by molar-refractivity contribution is -0.140. The standard InChI is InChI=1S/C27H20F4N2O2/c28-24-15-19(12-14-23(24)27(29,30)31)11-13-22-16-25(34-17-20-7-3-1-4-8-20)26(33-32-22)35-18-21-9-5-2-6-10-21/h1-16H,17-18H2. The van der Waals surface area contributed by atoms with E-state index in [0.717, 1.165) is 17.2 Å². The van der Waals surface area contributed by atoms with Gasteiger partial charge in [0.2, 0.25) is 0 Å². The van der Waals surface area contributed by atoms with E-state index in [0.29, 0.717) is 17.5 Å². The van der Waals surface area contributed by atoms with Crippen molar-refractivity contribution in [3.63, 3.8) is 0 Å². The third-order valence-electron chi connectivity index (χ3n) is 4.95. The first-order valence-corrected chi connectivity index (χ1v) is 10.6. The molecule has 0 aliphatic heterocycles. The van der Waals surface area contributed by atoms with Crippen LogP contribution in [0.3, 0.4) is 0 Å². The molecule has 0 unspecified atom stereocenters. The van der Waals surface area contributed by atoms with E-state index in [1.54, 1.807) is 6.07 Å². The minimum atomic E-state index is -4.75. The van der Waals surface area contributed by atoms with Crippen molar-refractivity contribution in [3.05, 3.63) is 119 Å². The van der Waals surface area contributed by atoms with Crippen LogP contribution in [0.5, 0.6) is 11.6 Å². The van der Waals surface area contributed by atoms with Gasteiger partial charge in [0.05, 0.1) is 11.3 Å². The number of halogens is 4. The largest absolute Gasteiger partial charge is 0.483 e. The van der Waals surface area contributed by atoms with Gasteiger partial charge in [-0.3, -0.25) is 0 Å². The van der Waals surface area contributed by atoms with E-state index in [-0.39, 0.29) is 24.7 Å². The molecule has 0 N–H and O–H groups in total. The average molecular weight is 480 g/mol. The van der Waals surface area contributed by atoms with Crippen molar-refractivity contribution in [3.8, 4) is 11.6 Å². The zero-order valence-electron chi connectivity index (χ0n) is 18.4. The molecule has 0 saturated heterocycles. The summed E-state index contributed by atoms with van der Waals surface area (Å²) in [6, 6.07) is 23.4. The van der Waals surface area contributed by atoms with E-state index in [1.165, 1.54) is 18.2 Å². The maximum atomic E-state index is 13.9. The van der Waals surface area contributed by atoms with Crippen LogP contribution in [0.15, 0.2) is 84.9 Å². The molecule has 1 heterocycles. The summed E-state index contributed by atoms with van der Waals surface area (Å²) in [5.74, 6) is -0.803. The Kier molecular flexibility index (Phi) is 7.40. The first-order valence-electron chi connectivity index (χ1n) is 10.6. The molecule has 0 aliphatic carbocycles. The molecule has 3 aromatic carbocycles. The molecule has 0 radical (unpaired) electrons. The number of nitrogens with zero attached hydrogens (tertiary/aromatic N) is 2. The quantitative estimate of drug-likeness (QED) is 0.256. The molecule has 4 rings (SSSR count). The SMILES string of the molecule is Fc1cc(C=Cc2cc(OCc3ccccc3)c(OCc3ccccc3)nn2)ccc1C(F)(F)F. The van der Waals surface area contributed by atoms with Gasteiger partial charge in [0, 0.05) is 6.07 Å². The van der Waals surface area contributed by atoms with E-state index < -0.39 is 17.6 Å². The smallest absolute Gasteiger partial charge is 0.419 e. The lowest BCUT2D eigenvalue weighted by Crippen LogP contribution is -2.07. The zero-order chi connectivity index (χ0) is 24.7. The predicted octanol–water partition coefficient (Wildman–Crippen LogP) is 6.96. The summed E-state index contributed by atoms with van der Waals surface area (Å²) in [4.78, 5) is 0. The van der Waals surface area contributed by atoms with Crippen LogP contribution in [0.4, 0.5) is 17.6 Å². The van der Waals surface area contributed by atoms with Crippen LogP contribution >= 0.6 is 0 Å². The molecule has 4 nitrogen and oxygen atoms in total. The van der Waals surface area contributed by atoms with Crippen molar-refractivity contribution >= 4 is 12.2 Å². The Morgan fingerprint density at radius 1 is 0.714 bits per heavy atom. The molecule has 0 bridgehead atoms. The molecule has 178 valence electrons. The summed E-state index contributed by atoms with van der Waals surface area (Å²) in [7, 11) is 0. The number of aromatic nitrogens is 2. The lowest BCUT2D eigenvalue weighted by atomic mass is 10.1. The Labute approximate surface area is 199 Å². The Morgan fingerprint density at radius 2 is 1.34 bits per heavy atom. The van der Waals surface area contributed by atoms with Crippen molar-refractivity contribution < 1.29 is 27.0 Å². The number of hydrogen-bond acceptors (Lipinski definition) is 4. The number of ether oxygens (including phenoxy) is 2. The van der Waals surface area contributed by atoms with Crippen LogP contribution in [0.25, 0.3) is 12.2 Å². The maximum absolute atomic E-state index is 13.9. The van der Waals surface area contributed by atoms with E-state index >= 15 is 0 Å². The van der Waals surface area contributed by atoms with Crippen LogP contribution in [0.2, 0.25) is 0 Å². The highest BCUT2D eigenvalue weighted by Gasteiger charge is 2.33. The maximum Gasteiger partial charge on any atom is 0.419 e. The van der Waals surface area contributed by atoms with Crippen LogP contribution in [0.1, 0.15) is 27.9 Å². The predicted molar refractivity (Wildman–Crippen MR) is 124 cm³/mol. The van der Waals surface area contributed by atoms with Crippen molar-refractivity contribution in [2.24, 2.45) is 0 Å². The lowest BCUT2D eigenvalue weighted by Gasteiger charge is -2.12. The molecule has 8 heteroatoms. The summed E-state index contributed by atoms with van der Waals surface area (Å²) < 4.78 is 63.9. The van der Waals surface area contributed by atoms with Gasteiger partial charge in [-0.1, -0.05) is 72.8 Å². The van der Waals surface area contributed by atoms with Crippen LogP contribution < -0.4 is 9.47 Å². The van der Waals surface area contributed by atoms with Crippen LogP contribution in [-0.2, 0) is 19.4 Å². The fraction of sp³-hybridized carbons (Fsp3) is 0.111. The fourth-order valence-electron chi connectivity index (χ4n) is 3.17. The Morgan fingerprint density at radius 3 is 1.94 bits per heavy atom. The monoisotopic (exact) mass is 480 g/mol. The molecule has 0 atom stereocenters. The van der Waals surface area contributed by atoms with Crippen molar-refractivity contribution in [1.29, 1.82) is 0 Å². The Bertz CT molecular complexity index is 1290. The van der Waals surface area contributed by atoms with Gasteiger partial charge in [0.25, 0.3) is 5.88 Å². The fourth-order valence-corrected chi connectivity index (χ4v) is 3.17. The minimum Gasteiger partial charge on any atom is -0.483 e. The molecule has 35 heavy (non-hydrogen) atoms. The Hall–Kier alpha value is -4.20. The second-order valence-electron chi connectivity index (χ2n) is 7.56. The first-order chi connectivity index (χ1) is 16.9. The topological polar surface area (TPSA) is 44.2 Å². The summed E-state index contributed by atoms with van der Waals surface area (Å²) in [6.45, 7) is 0.527. The summed E-state index contributed by atoms with van der Waals surface area (Å²) in [5.41, 5.74) is 1.17. The van der Waals surface area contributed by atoms with Gasteiger partial charge in [-0.25, -0.2) is 4.39 Å². The molecule has 0 saturated carbocycles. The third-order valence-corrected chi connectivity index (χ3v) is 4.95. The van der Waals surface area contributed by atoms with E-state index in [2.05, 4.69) is 10.2 Å². The average Bonchev–Trinajstić information content (AvgIpc) is 2.86. The van der Waals surface area contributed by atoms with Crippen molar-refractivity contribution in [2.75, 3.05) is 0 Å². The Balaban J connectivity index is 1.54. The van der Waals surface area contributed by atoms with Gasteiger partial charge in [0.15, 0.2) is 5.75 Å². The van der Waals surface area contributed by atoms with E-state index in [4.69, 9.17) is 9.47 Å². The zero-order valence-corrected chi connectivity index (χ0v) is 18.4. The molecule has 4 aromatic rings. The van der Waals surface area contributed by atoms with E-state index in [9.17, 15) is 17.6 Å². The van der Waals surface area contributed by atoms with Crippen molar-refractivity contribution in [2.45, 2.75) is 19.4 Å². The normalized spacial score (nSPS) is 11.5. The molecular formula is C27H20F4N2O2. The molecule has 0 fully saturated rings. The van der Waals surface area contributed by atoms with Crippen LogP contribution in [-0.4, -0.2) is 10.2 Å². The van der Waals surface area contributed by atoms with Gasteiger partial charge in [-0.2, -0.15) is 13.2 Å². The van der Waals surface area contributed by atoms with Crippen molar-refractivity contribution in [1.82, 2.24) is 10.2 Å². The van der Waals surface area contributed by atoms with E-state index in [1.807, 2.05) is 60.7 Å². The van der Waals surface area contributed by atoms with Gasteiger partial charge >= 0.3 is 6.18 Å². The number of benzene rings is 3. The van der Waals surface area contributed by atoms with Gasteiger partial charge in [0.1, 0.15) is 19.0 Å². The number of rotatable bonds is 8. The molecule has 1 aromatic heterocycles. The minimum absolute atomic E-state index is 0.197. The molecular weight excluding hydrogens is 460 g/mol. The highest BCUT2D eigenvalue weighted by atomic mass is 19.4. The second kappa shape index (κ2) is 10.8. The first kappa shape index (κ1) is 23.9. The van der Waals surface area contributed by atoms with Gasteiger partial charge < -0.3 is 9.47 Å². The number of hydrogen-bond donors (Lipinski definition) is 0. The molecule has 0 aliphatic rings. The molecule has 0 amide bonds. The van der Waals surface area contributed by atoms with Gasteiger partial charge in [-0.05, 0) is 34.9 Å². The van der Waals surface area contributed by atoms with Crippen LogP contribution in [0, 0.1) is 5.82 Å². The third kappa shape index (κ3) is 6.66. The summed E-state index contributed by atoms with van der Waals surface area (Å²) >= 11 is 0. The highest BCUT2D eigenvalue weighted by Crippen LogP contribution is 2.32. The summed E-state index contributed by atoms with van der Waals surface area (Å²) in [6.07, 6.45) is -1.80.